The van der Waals surface area contributed by atoms with E-state index < -0.39 is 14.9 Å². The fourth-order valence-electron chi connectivity index (χ4n) is 1.73. The Morgan fingerprint density at radius 1 is 1.47 bits per heavy atom. The summed E-state index contributed by atoms with van der Waals surface area (Å²) in [6.07, 6.45) is 4.02. The second-order valence-electron chi connectivity index (χ2n) is 4.47. The second-order valence-corrected chi connectivity index (χ2v) is 6.48. The Labute approximate surface area is 91.1 Å². The van der Waals surface area contributed by atoms with Crippen LogP contribution in [0.3, 0.4) is 0 Å². The van der Waals surface area contributed by atoms with Gasteiger partial charge < -0.3 is 4.74 Å². The largest absolute Gasteiger partial charge is 0.373 e. The van der Waals surface area contributed by atoms with Crippen LogP contribution < -0.4 is 0 Å². The highest BCUT2D eigenvalue weighted by atomic mass is 32.2. The molecule has 1 saturated carbocycles. The molecule has 15 heavy (non-hydrogen) atoms. The minimum absolute atomic E-state index is 0.164. The highest BCUT2D eigenvalue weighted by Crippen LogP contribution is 2.49. The first kappa shape index (κ1) is 11.4. The van der Waals surface area contributed by atoms with E-state index in [2.05, 4.69) is 0 Å². The molecule has 1 aliphatic carbocycles. The van der Waals surface area contributed by atoms with Gasteiger partial charge in [-0.2, -0.15) is 8.42 Å². The van der Waals surface area contributed by atoms with E-state index in [1.54, 1.807) is 0 Å². The van der Waals surface area contributed by atoms with Crippen molar-refractivity contribution < 1.29 is 17.3 Å². The summed E-state index contributed by atoms with van der Waals surface area (Å²) in [5.41, 5.74) is 0. The number of hydrogen-bond acceptors (Lipinski definition) is 4. The molecular formula is C10H18O4S. The monoisotopic (exact) mass is 234 g/mol. The van der Waals surface area contributed by atoms with Gasteiger partial charge in [0.15, 0.2) is 0 Å². The maximum absolute atomic E-state index is 11.9. The van der Waals surface area contributed by atoms with Crippen LogP contribution in [0.5, 0.6) is 0 Å². The molecule has 2 fully saturated rings. The second kappa shape index (κ2) is 4.03. The van der Waals surface area contributed by atoms with Gasteiger partial charge in [-0.15, -0.1) is 0 Å². The summed E-state index contributed by atoms with van der Waals surface area (Å²) >= 11 is 0. The van der Waals surface area contributed by atoms with Crippen molar-refractivity contribution in [3.8, 4) is 0 Å². The zero-order valence-corrected chi connectivity index (χ0v) is 9.88. The Morgan fingerprint density at radius 3 is 2.60 bits per heavy atom. The predicted molar refractivity (Wildman–Crippen MR) is 56.1 cm³/mol. The van der Waals surface area contributed by atoms with E-state index in [4.69, 9.17) is 8.92 Å². The molecule has 0 bridgehead atoms. The first-order chi connectivity index (χ1) is 7.10. The number of ether oxygens (including phenoxy) is 1. The van der Waals surface area contributed by atoms with Crippen molar-refractivity contribution in [1.29, 1.82) is 0 Å². The van der Waals surface area contributed by atoms with Crippen molar-refractivity contribution in [3.63, 3.8) is 0 Å². The van der Waals surface area contributed by atoms with Crippen LogP contribution >= 0.6 is 0 Å². The molecular weight excluding hydrogens is 216 g/mol. The molecule has 2 aliphatic rings. The molecule has 4 nitrogen and oxygen atoms in total. The van der Waals surface area contributed by atoms with Crippen molar-refractivity contribution in [2.24, 2.45) is 0 Å². The molecule has 1 heterocycles. The molecule has 2 rings (SSSR count). The highest BCUT2D eigenvalue weighted by molar-refractivity contribution is 7.88. The number of rotatable bonds is 7. The zero-order chi connectivity index (χ0) is 10.9. The smallest absolute Gasteiger partial charge is 0.273 e. The van der Waals surface area contributed by atoms with Crippen LogP contribution in [0, 0.1) is 0 Å². The van der Waals surface area contributed by atoms with Crippen molar-refractivity contribution in [2.75, 3.05) is 13.2 Å². The molecule has 1 atom stereocenters. The quantitative estimate of drug-likeness (QED) is 0.380. The maximum atomic E-state index is 11.9. The van der Waals surface area contributed by atoms with Crippen LogP contribution in [0.25, 0.3) is 0 Å². The van der Waals surface area contributed by atoms with Crippen LogP contribution in [0.15, 0.2) is 0 Å². The van der Waals surface area contributed by atoms with Gasteiger partial charge in [0, 0.05) is 0 Å². The molecule has 1 unspecified atom stereocenters. The highest BCUT2D eigenvalue weighted by Gasteiger charge is 2.57. The summed E-state index contributed by atoms with van der Waals surface area (Å²) in [7, 11) is -3.36. The van der Waals surface area contributed by atoms with E-state index in [9.17, 15) is 8.42 Å². The third-order valence-corrected chi connectivity index (χ3v) is 5.19. The molecule has 1 saturated heterocycles. The zero-order valence-electron chi connectivity index (χ0n) is 9.07. The van der Waals surface area contributed by atoms with E-state index in [0.29, 0.717) is 19.6 Å². The average molecular weight is 234 g/mol. The summed E-state index contributed by atoms with van der Waals surface area (Å²) in [6.45, 7) is 3.05. The van der Waals surface area contributed by atoms with Gasteiger partial charge in [0.05, 0.1) is 19.3 Å². The summed E-state index contributed by atoms with van der Waals surface area (Å²) in [5, 5.41) is 0. The number of unbranched alkanes of at least 4 members (excludes halogenated alkanes) is 1. The molecule has 88 valence electrons. The Balaban J connectivity index is 1.89. The van der Waals surface area contributed by atoms with Crippen LogP contribution in [0.2, 0.25) is 0 Å². The topological polar surface area (TPSA) is 55.9 Å². The van der Waals surface area contributed by atoms with Gasteiger partial charge in [0.25, 0.3) is 10.1 Å². The van der Waals surface area contributed by atoms with Gasteiger partial charge in [0.1, 0.15) is 4.75 Å². The van der Waals surface area contributed by atoms with E-state index in [0.717, 1.165) is 25.7 Å². The van der Waals surface area contributed by atoms with Gasteiger partial charge in [-0.25, -0.2) is 0 Å². The molecule has 0 aromatic carbocycles. The minimum Gasteiger partial charge on any atom is -0.373 e. The van der Waals surface area contributed by atoms with E-state index >= 15 is 0 Å². The Bertz CT molecular complexity index is 314. The van der Waals surface area contributed by atoms with Gasteiger partial charge >= 0.3 is 0 Å². The normalized spacial score (nSPS) is 27.7. The summed E-state index contributed by atoms with van der Waals surface area (Å²) < 4.78 is 33.3. The van der Waals surface area contributed by atoms with Crippen molar-refractivity contribution in [1.82, 2.24) is 0 Å². The van der Waals surface area contributed by atoms with Crippen molar-refractivity contribution in [2.45, 2.75) is 49.9 Å². The Morgan fingerprint density at radius 2 is 2.13 bits per heavy atom. The standard InChI is InChI=1S/C10H18O4S/c1-2-3-6-14-15(11,12)10(4-5-10)7-9-8-13-9/h9H,2-8H2,1H3. The van der Waals surface area contributed by atoms with Crippen molar-refractivity contribution >= 4 is 10.1 Å². The lowest BCUT2D eigenvalue weighted by Crippen LogP contribution is -2.27. The summed E-state index contributed by atoms with van der Waals surface area (Å²) in [6, 6.07) is 0. The first-order valence-electron chi connectivity index (χ1n) is 5.60. The first-order valence-corrected chi connectivity index (χ1v) is 7.01. The Kier molecular flexibility index (Phi) is 3.05. The summed E-state index contributed by atoms with van der Waals surface area (Å²) in [5.74, 6) is 0. The fourth-order valence-corrected chi connectivity index (χ4v) is 3.31. The lowest BCUT2D eigenvalue weighted by atomic mass is 10.2. The van der Waals surface area contributed by atoms with E-state index in [1.165, 1.54) is 0 Å². The predicted octanol–water partition coefficient (Wildman–Crippen LogP) is 1.45. The maximum Gasteiger partial charge on any atom is 0.273 e. The Hall–Kier alpha value is -0.130. The van der Waals surface area contributed by atoms with Gasteiger partial charge in [-0.3, -0.25) is 4.18 Å². The molecule has 5 heteroatoms. The average Bonchev–Trinajstić information content (AvgIpc) is 3.02. The molecule has 1 aliphatic heterocycles. The van der Waals surface area contributed by atoms with Crippen LogP contribution in [-0.4, -0.2) is 32.5 Å². The number of epoxide rings is 1. The molecule has 0 radical (unpaired) electrons. The molecule has 0 aromatic heterocycles. The third-order valence-electron chi connectivity index (χ3n) is 3.08. The van der Waals surface area contributed by atoms with E-state index in [-0.39, 0.29) is 6.10 Å². The van der Waals surface area contributed by atoms with Gasteiger partial charge in [-0.05, 0) is 25.7 Å². The number of hydrogen-bond donors (Lipinski definition) is 0. The molecule has 0 amide bonds. The molecule has 0 N–H and O–H groups in total. The van der Waals surface area contributed by atoms with Crippen LogP contribution in [0.1, 0.15) is 39.0 Å². The van der Waals surface area contributed by atoms with E-state index in [1.807, 2.05) is 6.92 Å². The molecule has 0 aromatic rings. The minimum atomic E-state index is -3.36. The van der Waals surface area contributed by atoms with Gasteiger partial charge in [0.2, 0.25) is 0 Å². The lowest BCUT2D eigenvalue weighted by Gasteiger charge is -2.14. The van der Waals surface area contributed by atoms with Crippen LogP contribution in [0.4, 0.5) is 0 Å². The summed E-state index contributed by atoms with van der Waals surface area (Å²) in [4.78, 5) is 0. The van der Waals surface area contributed by atoms with Crippen molar-refractivity contribution in [3.05, 3.63) is 0 Å². The third kappa shape index (κ3) is 2.52. The van der Waals surface area contributed by atoms with Crippen LogP contribution in [-0.2, 0) is 19.0 Å². The van der Waals surface area contributed by atoms with Gasteiger partial charge in [-0.1, -0.05) is 13.3 Å². The fraction of sp³-hybridized carbons (Fsp3) is 1.00. The lowest BCUT2D eigenvalue weighted by molar-refractivity contribution is 0.297. The molecule has 0 spiro atoms. The SMILES string of the molecule is CCCCOS(=O)(=O)C1(CC2CO2)CC1.